The van der Waals surface area contributed by atoms with Crippen molar-refractivity contribution in [2.75, 3.05) is 0 Å². The molecule has 19 heavy (non-hydrogen) atoms. The molecule has 0 saturated heterocycles. The summed E-state index contributed by atoms with van der Waals surface area (Å²) in [5.74, 6) is 0.872. The van der Waals surface area contributed by atoms with E-state index in [0.717, 1.165) is 23.3 Å². The van der Waals surface area contributed by atoms with Crippen molar-refractivity contribution in [1.82, 2.24) is 0 Å². The van der Waals surface area contributed by atoms with Crippen molar-refractivity contribution < 1.29 is 4.74 Å². The third kappa shape index (κ3) is 3.55. The molecule has 2 nitrogen and oxygen atoms in total. The van der Waals surface area contributed by atoms with Crippen LogP contribution < -0.4 is 10.5 Å². The zero-order valence-electron chi connectivity index (χ0n) is 10.9. The number of aryl methyl sites for hydroxylation is 1. The standard InChI is InChI=1S/C16H17NOS/c1-2-12-6-5-8-14(10-12)18-11-13-7-3-4-9-15(13)16(17)19/h3-10H,2,11H2,1H3,(H2,17,19). The summed E-state index contributed by atoms with van der Waals surface area (Å²) in [5, 5.41) is 0. The van der Waals surface area contributed by atoms with E-state index >= 15 is 0 Å². The Bertz CT molecular complexity index is 580. The second-order valence-electron chi connectivity index (χ2n) is 4.31. The number of rotatable bonds is 5. The van der Waals surface area contributed by atoms with Crippen LogP contribution in [0.15, 0.2) is 48.5 Å². The lowest BCUT2D eigenvalue weighted by molar-refractivity contribution is 0.306. The maximum Gasteiger partial charge on any atom is 0.120 e. The van der Waals surface area contributed by atoms with E-state index < -0.39 is 0 Å². The smallest absolute Gasteiger partial charge is 0.120 e. The minimum Gasteiger partial charge on any atom is -0.489 e. The summed E-state index contributed by atoms with van der Waals surface area (Å²) in [5.41, 5.74) is 8.86. The second kappa shape index (κ2) is 6.34. The van der Waals surface area contributed by atoms with Crippen molar-refractivity contribution in [2.45, 2.75) is 20.0 Å². The monoisotopic (exact) mass is 271 g/mol. The van der Waals surface area contributed by atoms with E-state index in [9.17, 15) is 0 Å². The number of thiocarbonyl (C=S) groups is 1. The summed E-state index contributed by atoms with van der Waals surface area (Å²) in [4.78, 5) is 0.404. The van der Waals surface area contributed by atoms with Gasteiger partial charge in [-0.25, -0.2) is 0 Å². The van der Waals surface area contributed by atoms with Crippen LogP contribution >= 0.6 is 12.2 Å². The van der Waals surface area contributed by atoms with Crippen LogP contribution in [0.25, 0.3) is 0 Å². The van der Waals surface area contributed by atoms with Gasteiger partial charge < -0.3 is 10.5 Å². The molecule has 0 bridgehead atoms. The highest BCUT2D eigenvalue weighted by Crippen LogP contribution is 2.17. The maximum atomic E-state index is 5.81. The second-order valence-corrected chi connectivity index (χ2v) is 4.75. The Morgan fingerprint density at radius 3 is 2.68 bits per heavy atom. The van der Waals surface area contributed by atoms with Crippen molar-refractivity contribution in [3.8, 4) is 5.75 Å². The summed E-state index contributed by atoms with van der Waals surface area (Å²) in [6, 6.07) is 15.9. The van der Waals surface area contributed by atoms with Gasteiger partial charge in [0.1, 0.15) is 17.3 Å². The molecule has 0 aliphatic heterocycles. The summed E-state index contributed by atoms with van der Waals surface area (Å²) in [6.07, 6.45) is 1.00. The molecule has 0 radical (unpaired) electrons. The molecule has 3 heteroatoms. The molecule has 2 rings (SSSR count). The molecule has 0 aliphatic carbocycles. The fourth-order valence-electron chi connectivity index (χ4n) is 1.90. The SMILES string of the molecule is CCc1cccc(OCc2ccccc2C(N)=S)c1. The maximum absolute atomic E-state index is 5.81. The van der Waals surface area contributed by atoms with Crippen LogP contribution in [0.5, 0.6) is 5.75 Å². The average molecular weight is 271 g/mol. The van der Waals surface area contributed by atoms with Crippen molar-refractivity contribution in [3.05, 3.63) is 65.2 Å². The average Bonchev–Trinajstić information content (AvgIpc) is 2.45. The van der Waals surface area contributed by atoms with Crippen LogP contribution in [-0.4, -0.2) is 4.99 Å². The predicted octanol–water partition coefficient (Wildman–Crippen LogP) is 3.46. The quantitative estimate of drug-likeness (QED) is 0.846. The summed E-state index contributed by atoms with van der Waals surface area (Å²) in [6.45, 7) is 2.60. The molecule has 0 saturated carbocycles. The summed E-state index contributed by atoms with van der Waals surface area (Å²) in [7, 11) is 0. The number of hydrogen-bond acceptors (Lipinski definition) is 2. The topological polar surface area (TPSA) is 35.2 Å². The molecule has 0 fully saturated rings. The third-order valence-electron chi connectivity index (χ3n) is 2.98. The van der Waals surface area contributed by atoms with Crippen molar-refractivity contribution in [1.29, 1.82) is 0 Å². The fraction of sp³-hybridized carbons (Fsp3) is 0.188. The van der Waals surface area contributed by atoms with Gasteiger partial charge in [0.05, 0.1) is 0 Å². The van der Waals surface area contributed by atoms with Crippen LogP contribution in [0.3, 0.4) is 0 Å². The lowest BCUT2D eigenvalue weighted by atomic mass is 10.1. The van der Waals surface area contributed by atoms with Gasteiger partial charge in [-0.2, -0.15) is 0 Å². The molecular formula is C16H17NOS. The zero-order valence-corrected chi connectivity index (χ0v) is 11.7. The highest BCUT2D eigenvalue weighted by atomic mass is 32.1. The molecule has 2 aromatic rings. The lowest BCUT2D eigenvalue weighted by Crippen LogP contribution is -2.13. The van der Waals surface area contributed by atoms with Gasteiger partial charge in [-0.15, -0.1) is 0 Å². The molecule has 0 heterocycles. The Kier molecular flexibility index (Phi) is 4.53. The Hall–Kier alpha value is -1.87. The van der Waals surface area contributed by atoms with Gasteiger partial charge in [0, 0.05) is 5.56 Å². The van der Waals surface area contributed by atoms with Gasteiger partial charge in [0.15, 0.2) is 0 Å². The first-order chi connectivity index (χ1) is 9.20. The molecule has 0 atom stereocenters. The summed E-state index contributed by atoms with van der Waals surface area (Å²) >= 11 is 5.04. The van der Waals surface area contributed by atoms with E-state index in [1.165, 1.54) is 5.56 Å². The zero-order chi connectivity index (χ0) is 13.7. The molecule has 0 aliphatic rings. The lowest BCUT2D eigenvalue weighted by Gasteiger charge is -2.10. The largest absolute Gasteiger partial charge is 0.489 e. The molecule has 0 unspecified atom stereocenters. The highest BCUT2D eigenvalue weighted by molar-refractivity contribution is 7.80. The third-order valence-corrected chi connectivity index (χ3v) is 3.20. The van der Waals surface area contributed by atoms with Crippen LogP contribution in [0.4, 0.5) is 0 Å². The van der Waals surface area contributed by atoms with Crippen molar-refractivity contribution in [3.63, 3.8) is 0 Å². The van der Waals surface area contributed by atoms with Crippen molar-refractivity contribution >= 4 is 17.2 Å². The van der Waals surface area contributed by atoms with Gasteiger partial charge in [-0.1, -0.05) is 55.5 Å². The van der Waals surface area contributed by atoms with E-state index in [1.807, 2.05) is 36.4 Å². The van der Waals surface area contributed by atoms with E-state index in [4.69, 9.17) is 22.7 Å². The highest BCUT2D eigenvalue weighted by Gasteiger charge is 2.05. The number of benzene rings is 2. The molecule has 0 amide bonds. The Morgan fingerprint density at radius 1 is 1.16 bits per heavy atom. The number of hydrogen-bond donors (Lipinski definition) is 1. The van der Waals surface area contributed by atoms with Gasteiger partial charge in [-0.05, 0) is 29.7 Å². The Morgan fingerprint density at radius 2 is 1.95 bits per heavy atom. The fourth-order valence-corrected chi connectivity index (χ4v) is 2.10. The molecule has 0 spiro atoms. The van der Waals surface area contributed by atoms with E-state index in [-0.39, 0.29) is 0 Å². The first kappa shape index (κ1) is 13.6. The van der Waals surface area contributed by atoms with Gasteiger partial charge in [0.2, 0.25) is 0 Å². The molecule has 0 aromatic heterocycles. The first-order valence-corrected chi connectivity index (χ1v) is 6.71. The van der Waals surface area contributed by atoms with Crippen LogP contribution in [0.2, 0.25) is 0 Å². The Balaban J connectivity index is 2.12. The minimum atomic E-state index is 0.404. The van der Waals surface area contributed by atoms with Gasteiger partial charge in [0.25, 0.3) is 0 Å². The molecular weight excluding hydrogens is 254 g/mol. The predicted molar refractivity (Wildman–Crippen MR) is 82.5 cm³/mol. The minimum absolute atomic E-state index is 0.404. The van der Waals surface area contributed by atoms with Crippen LogP contribution in [0, 0.1) is 0 Å². The van der Waals surface area contributed by atoms with E-state index in [0.29, 0.717) is 11.6 Å². The van der Waals surface area contributed by atoms with Crippen LogP contribution in [-0.2, 0) is 13.0 Å². The number of ether oxygens (including phenoxy) is 1. The summed E-state index contributed by atoms with van der Waals surface area (Å²) < 4.78 is 5.81. The van der Waals surface area contributed by atoms with E-state index in [2.05, 4.69) is 19.1 Å². The molecule has 98 valence electrons. The first-order valence-electron chi connectivity index (χ1n) is 6.30. The van der Waals surface area contributed by atoms with Crippen molar-refractivity contribution in [2.24, 2.45) is 5.73 Å². The Labute approximate surface area is 119 Å². The van der Waals surface area contributed by atoms with Gasteiger partial charge in [-0.3, -0.25) is 0 Å². The van der Waals surface area contributed by atoms with Crippen LogP contribution in [0.1, 0.15) is 23.6 Å². The molecule has 2 N–H and O–H groups in total. The van der Waals surface area contributed by atoms with Gasteiger partial charge >= 0.3 is 0 Å². The number of nitrogens with two attached hydrogens (primary N) is 1. The normalized spacial score (nSPS) is 10.2. The molecule has 2 aromatic carbocycles. The van der Waals surface area contributed by atoms with E-state index in [1.54, 1.807) is 0 Å².